The van der Waals surface area contributed by atoms with E-state index in [2.05, 4.69) is 14.7 Å². The van der Waals surface area contributed by atoms with Crippen LogP contribution >= 0.6 is 12.0 Å². The van der Waals surface area contributed by atoms with Gasteiger partial charge in [0.15, 0.2) is 6.29 Å². The summed E-state index contributed by atoms with van der Waals surface area (Å²) in [6.07, 6.45) is 0.689. The topological polar surface area (TPSA) is 51.0 Å². The molecule has 0 bridgehead atoms. The van der Waals surface area contributed by atoms with Crippen molar-refractivity contribution in [2.24, 2.45) is 10.4 Å². The summed E-state index contributed by atoms with van der Waals surface area (Å²) >= 11 is 0.943. The van der Waals surface area contributed by atoms with Gasteiger partial charge in [-0.2, -0.15) is 0 Å². The molecule has 1 atom stereocenters. The average Bonchev–Trinajstić information content (AvgIpc) is 2.17. The summed E-state index contributed by atoms with van der Waals surface area (Å²) in [5.41, 5.74) is 0. The third-order valence-electron chi connectivity index (χ3n) is 0.697. The van der Waals surface area contributed by atoms with Crippen molar-refractivity contribution in [3.8, 4) is 0 Å². The van der Waals surface area contributed by atoms with Crippen molar-refractivity contribution in [3.05, 3.63) is 0 Å². The highest BCUT2D eigenvalue weighted by atomic mass is 32.2. The van der Waals surface area contributed by atoms with Gasteiger partial charge < -0.3 is 4.28 Å². The smallest absolute Gasteiger partial charge is 0.222 e. The third kappa shape index (κ3) is 0.812. The Labute approximate surface area is 50.5 Å². The molecular formula is C3H4N2O2S. The van der Waals surface area contributed by atoms with Gasteiger partial charge in [0.05, 0.1) is 0 Å². The molecule has 0 spiro atoms. The zero-order valence-electron chi connectivity index (χ0n) is 4.20. The number of nitrogens with zero attached hydrogens (tertiary/aromatic N) is 2. The number of hydrogen-bond donors (Lipinski definition) is 0. The fourth-order valence-electron chi connectivity index (χ4n) is 0.250. The monoisotopic (exact) mass is 132 g/mol. The minimum Gasteiger partial charge on any atom is -0.300 e. The molecule has 0 amide bonds. The standard InChI is InChI=1S/C3H4N2O2S/c1-3(2-6)4-5-7-8-3/h2H,1H3. The Morgan fingerprint density at radius 1 is 1.88 bits per heavy atom. The Balaban J connectivity index is 2.67. The van der Waals surface area contributed by atoms with Crippen LogP contribution in [0.15, 0.2) is 10.4 Å². The second kappa shape index (κ2) is 1.74. The Morgan fingerprint density at radius 3 is 2.88 bits per heavy atom. The van der Waals surface area contributed by atoms with Gasteiger partial charge in [-0.05, 0) is 6.92 Å². The molecule has 0 radical (unpaired) electrons. The first-order valence-electron chi connectivity index (χ1n) is 2.00. The van der Waals surface area contributed by atoms with Gasteiger partial charge in [0.25, 0.3) is 0 Å². The average molecular weight is 132 g/mol. The van der Waals surface area contributed by atoms with Crippen molar-refractivity contribution in [2.75, 3.05) is 0 Å². The lowest BCUT2D eigenvalue weighted by Crippen LogP contribution is -2.14. The molecule has 0 fully saturated rings. The van der Waals surface area contributed by atoms with Gasteiger partial charge in [-0.3, -0.25) is 4.79 Å². The molecule has 0 aromatic heterocycles. The molecule has 4 nitrogen and oxygen atoms in total. The van der Waals surface area contributed by atoms with Gasteiger partial charge >= 0.3 is 0 Å². The highest BCUT2D eigenvalue weighted by molar-refractivity contribution is 7.96. The zero-order valence-corrected chi connectivity index (χ0v) is 5.01. The van der Waals surface area contributed by atoms with Gasteiger partial charge in [0, 0.05) is 5.28 Å². The Morgan fingerprint density at radius 2 is 2.62 bits per heavy atom. The van der Waals surface area contributed by atoms with E-state index >= 15 is 0 Å². The Bertz CT molecular complexity index is 137. The van der Waals surface area contributed by atoms with Crippen molar-refractivity contribution < 1.29 is 9.08 Å². The molecule has 0 aromatic carbocycles. The van der Waals surface area contributed by atoms with Gasteiger partial charge in [-0.1, -0.05) is 0 Å². The summed E-state index contributed by atoms with van der Waals surface area (Å²) in [6.45, 7) is 1.63. The molecule has 0 saturated heterocycles. The van der Waals surface area contributed by atoms with E-state index in [0.29, 0.717) is 6.29 Å². The predicted molar refractivity (Wildman–Crippen MR) is 28.0 cm³/mol. The maximum absolute atomic E-state index is 10.1. The molecule has 0 N–H and O–H groups in total. The van der Waals surface area contributed by atoms with Crippen LogP contribution in [-0.2, 0) is 9.08 Å². The maximum Gasteiger partial charge on any atom is 0.222 e. The summed E-state index contributed by atoms with van der Waals surface area (Å²) < 4.78 is 4.39. The van der Waals surface area contributed by atoms with Crippen LogP contribution < -0.4 is 0 Å². The van der Waals surface area contributed by atoms with Crippen molar-refractivity contribution in [3.63, 3.8) is 0 Å². The normalized spacial score (nSPS) is 34.6. The molecule has 5 heteroatoms. The minimum atomic E-state index is -0.792. The predicted octanol–water partition coefficient (Wildman–Crippen LogP) is 0.947. The molecule has 1 aliphatic rings. The van der Waals surface area contributed by atoms with Crippen LogP contribution in [-0.4, -0.2) is 11.2 Å². The lowest BCUT2D eigenvalue weighted by molar-refractivity contribution is -0.109. The first-order valence-corrected chi connectivity index (χ1v) is 2.74. The van der Waals surface area contributed by atoms with E-state index < -0.39 is 4.87 Å². The fraction of sp³-hybridized carbons (Fsp3) is 0.667. The number of carbonyl (C=O) groups is 1. The molecule has 8 heavy (non-hydrogen) atoms. The van der Waals surface area contributed by atoms with Crippen LogP contribution in [0.5, 0.6) is 0 Å². The lowest BCUT2D eigenvalue weighted by Gasteiger charge is -2.00. The first kappa shape index (κ1) is 5.55. The maximum atomic E-state index is 10.1. The lowest BCUT2D eigenvalue weighted by atomic mass is 10.4. The van der Waals surface area contributed by atoms with E-state index in [0.717, 1.165) is 12.0 Å². The van der Waals surface area contributed by atoms with Gasteiger partial charge in [0.1, 0.15) is 12.0 Å². The van der Waals surface area contributed by atoms with Crippen LogP contribution in [0.3, 0.4) is 0 Å². The number of hydrogen-bond acceptors (Lipinski definition) is 5. The van der Waals surface area contributed by atoms with Crippen LogP contribution in [0.2, 0.25) is 0 Å². The molecule has 1 aliphatic heterocycles. The van der Waals surface area contributed by atoms with Gasteiger partial charge in [-0.25, -0.2) is 0 Å². The second-order valence-electron chi connectivity index (χ2n) is 1.51. The number of carbonyl (C=O) groups excluding carboxylic acids is 1. The van der Waals surface area contributed by atoms with Crippen molar-refractivity contribution in [2.45, 2.75) is 11.8 Å². The van der Waals surface area contributed by atoms with E-state index in [9.17, 15) is 4.79 Å². The van der Waals surface area contributed by atoms with Gasteiger partial charge in [0.2, 0.25) is 4.87 Å². The summed E-state index contributed by atoms with van der Waals surface area (Å²) in [4.78, 5) is 9.28. The second-order valence-corrected chi connectivity index (χ2v) is 2.65. The van der Waals surface area contributed by atoms with Crippen LogP contribution in [0.25, 0.3) is 0 Å². The van der Waals surface area contributed by atoms with Crippen LogP contribution in [0, 0.1) is 0 Å². The van der Waals surface area contributed by atoms with E-state index in [1.165, 1.54) is 0 Å². The molecular weight excluding hydrogens is 128 g/mol. The van der Waals surface area contributed by atoms with E-state index in [4.69, 9.17) is 0 Å². The van der Waals surface area contributed by atoms with Crippen molar-refractivity contribution >= 4 is 18.3 Å². The van der Waals surface area contributed by atoms with Crippen molar-refractivity contribution in [1.82, 2.24) is 0 Å². The zero-order chi connectivity index (χ0) is 6.04. The largest absolute Gasteiger partial charge is 0.300 e. The molecule has 0 aliphatic carbocycles. The Hall–Kier alpha value is -0.580. The molecule has 1 unspecified atom stereocenters. The van der Waals surface area contributed by atoms with Gasteiger partial charge in [-0.15, -0.1) is 5.11 Å². The highest BCUT2D eigenvalue weighted by Gasteiger charge is 2.30. The van der Waals surface area contributed by atoms with E-state index in [1.807, 2.05) is 0 Å². The molecule has 1 heterocycles. The van der Waals surface area contributed by atoms with E-state index in [1.54, 1.807) is 6.92 Å². The number of aldehydes is 1. The molecule has 1 rings (SSSR count). The first-order chi connectivity index (χ1) is 3.77. The van der Waals surface area contributed by atoms with E-state index in [-0.39, 0.29) is 0 Å². The van der Waals surface area contributed by atoms with Crippen LogP contribution in [0.1, 0.15) is 6.92 Å². The molecule has 44 valence electrons. The number of rotatable bonds is 1. The molecule has 0 saturated carbocycles. The summed E-state index contributed by atoms with van der Waals surface area (Å²) in [6, 6.07) is 0. The SMILES string of the molecule is CC1(C=O)N=NOS1. The summed E-state index contributed by atoms with van der Waals surface area (Å²) in [5.74, 6) is 0. The molecule has 0 aromatic rings. The van der Waals surface area contributed by atoms with Crippen LogP contribution in [0.4, 0.5) is 0 Å². The summed E-state index contributed by atoms with van der Waals surface area (Å²) in [5, 5.41) is 6.65. The minimum absolute atomic E-state index is 0.689. The fourth-order valence-corrected chi connectivity index (χ4v) is 0.573. The Kier molecular flexibility index (Phi) is 1.21. The van der Waals surface area contributed by atoms with Crippen molar-refractivity contribution in [1.29, 1.82) is 0 Å². The summed E-state index contributed by atoms with van der Waals surface area (Å²) in [7, 11) is 0. The highest BCUT2D eigenvalue weighted by Crippen LogP contribution is 2.31. The quantitative estimate of drug-likeness (QED) is 0.394. The third-order valence-corrected chi connectivity index (χ3v) is 1.35.